The van der Waals surface area contributed by atoms with Gasteiger partial charge < -0.3 is 10.2 Å². The molecule has 2 aliphatic rings. The quantitative estimate of drug-likeness (QED) is 0.885. The normalized spacial score (nSPS) is 20.3. The number of aromatic amines is 1. The van der Waals surface area contributed by atoms with Crippen LogP contribution in [0, 0.1) is 5.92 Å². The monoisotopic (exact) mass is 339 g/mol. The maximum Gasteiger partial charge on any atom is 0.271 e. The van der Waals surface area contributed by atoms with Crippen LogP contribution in [0.1, 0.15) is 36.2 Å². The second kappa shape index (κ2) is 6.66. The lowest BCUT2D eigenvalue weighted by molar-refractivity contribution is -0.126. The first-order valence-corrected chi connectivity index (χ1v) is 8.76. The van der Waals surface area contributed by atoms with Crippen LogP contribution < -0.4 is 5.32 Å². The lowest BCUT2D eigenvalue weighted by Crippen LogP contribution is -2.46. The largest absolute Gasteiger partial charge is 0.353 e. The van der Waals surface area contributed by atoms with Gasteiger partial charge in [0.25, 0.3) is 5.91 Å². The number of nitrogens with zero attached hydrogens (tertiary/aromatic N) is 3. The molecule has 0 spiro atoms. The minimum atomic E-state index is -0.112. The maximum absolute atomic E-state index is 12.8. The molecule has 0 radical (unpaired) electrons. The SMILES string of the molecule is O=C(NC1CC1)[C@@H]1CCCN(C(=O)c2cc(-c3cccnc3)n[nH]2)C1. The predicted molar refractivity (Wildman–Crippen MR) is 91.6 cm³/mol. The standard InChI is InChI=1S/C18H21N5O2/c24-17(20-14-5-6-14)13-4-2-8-23(11-13)18(25)16-9-15(21-22-16)12-3-1-7-19-10-12/h1,3,7,9-10,13-14H,2,4-6,8,11H2,(H,20,24)(H,21,22)/t13-/m1/s1. The van der Waals surface area contributed by atoms with Gasteiger partial charge in [0.15, 0.2) is 0 Å². The van der Waals surface area contributed by atoms with Crippen molar-refractivity contribution in [1.82, 2.24) is 25.4 Å². The molecular formula is C18H21N5O2. The zero-order valence-corrected chi connectivity index (χ0v) is 13.9. The molecule has 1 aliphatic heterocycles. The Kier molecular flexibility index (Phi) is 4.21. The number of pyridine rings is 1. The molecule has 1 aliphatic carbocycles. The summed E-state index contributed by atoms with van der Waals surface area (Å²) < 4.78 is 0. The predicted octanol–water partition coefficient (Wildman–Crippen LogP) is 1.60. The number of aromatic nitrogens is 3. The van der Waals surface area contributed by atoms with Gasteiger partial charge in [0.1, 0.15) is 5.69 Å². The van der Waals surface area contributed by atoms with E-state index in [1.165, 1.54) is 0 Å². The van der Waals surface area contributed by atoms with Crippen LogP contribution in [0.5, 0.6) is 0 Å². The highest BCUT2D eigenvalue weighted by Crippen LogP contribution is 2.23. The van der Waals surface area contributed by atoms with Crippen molar-refractivity contribution < 1.29 is 9.59 Å². The fourth-order valence-electron chi connectivity index (χ4n) is 3.19. The first-order valence-electron chi connectivity index (χ1n) is 8.76. The Morgan fingerprint density at radius 3 is 2.92 bits per heavy atom. The Labute approximate surface area is 145 Å². The molecule has 1 saturated carbocycles. The fraction of sp³-hybridized carbons (Fsp3) is 0.444. The van der Waals surface area contributed by atoms with E-state index in [1.807, 2.05) is 12.1 Å². The highest BCUT2D eigenvalue weighted by atomic mass is 16.2. The Balaban J connectivity index is 1.43. The summed E-state index contributed by atoms with van der Waals surface area (Å²) in [5, 5.41) is 10.1. The van der Waals surface area contributed by atoms with Gasteiger partial charge in [-0.05, 0) is 43.9 Å². The van der Waals surface area contributed by atoms with Gasteiger partial charge in [0.2, 0.25) is 5.91 Å². The summed E-state index contributed by atoms with van der Waals surface area (Å²) in [6.45, 7) is 1.14. The van der Waals surface area contributed by atoms with E-state index in [4.69, 9.17) is 0 Å². The number of amides is 2. The smallest absolute Gasteiger partial charge is 0.271 e. The lowest BCUT2D eigenvalue weighted by atomic mass is 9.97. The lowest BCUT2D eigenvalue weighted by Gasteiger charge is -2.31. The molecule has 25 heavy (non-hydrogen) atoms. The van der Waals surface area contributed by atoms with Crippen LogP contribution in [0.3, 0.4) is 0 Å². The molecule has 2 aromatic heterocycles. The number of nitrogens with one attached hydrogen (secondary N) is 2. The van der Waals surface area contributed by atoms with Crippen molar-refractivity contribution in [1.29, 1.82) is 0 Å². The number of rotatable bonds is 4. The summed E-state index contributed by atoms with van der Waals surface area (Å²) >= 11 is 0. The minimum Gasteiger partial charge on any atom is -0.353 e. The molecule has 3 heterocycles. The second-order valence-electron chi connectivity index (χ2n) is 6.78. The van der Waals surface area contributed by atoms with Crippen LogP contribution in [0.15, 0.2) is 30.6 Å². The van der Waals surface area contributed by atoms with Gasteiger partial charge in [-0.15, -0.1) is 0 Å². The van der Waals surface area contributed by atoms with E-state index in [1.54, 1.807) is 23.4 Å². The molecule has 2 amide bonds. The Morgan fingerprint density at radius 1 is 1.28 bits per heavy atom. The Morgan fingerprint density at radius 2 is 2.16 bits per heavy atom. The van der Waals surface area contributed by atoms with E-state index < -0.39 is 0 Å². The Bertz CT molecular complexity index is 769. The number of likely N-dealkylation sites (tertiary alicyclic amines) is 1. The number of hydrogen-bond acceptors (Lipinski definition) is 4. The number of H-pyrrole nitrogens is 1. The van der Waals surface area contributed by atoms with E-state index in [-0.39, 0.29) is 17.7 Å². The van der Waals surface area contributed by atoms with E-state index in [9.17, 15) is 9.59 Å². The van der Waals surface area contributed by atoms with Crippen LogP contribution in [-0.4, -0.2) is 51.0 Å². The number of carbonyl (C=O) groups is 2. The van der Waals surface area contributed by atoms with Crippen molar-refractivity contribution in [2.75, 3.05) is 13.1 Å². The van der Waals surface area contributed by atoms with Crippen molar-refractivity contribution in [2.45, 2.75) is 31.7 Å². The summed E-state index contributed by atoms with van der Waals surface area (Å²) in [4.78, 5) is 30.8. The van der Waals surface area contributed by atoms with Crippen LogP contribution >= 0.6 is 0 Å². The van der Waals surface area contributed by atoms with Crippen molar-refractivity contribution in [2.24, 2.45) is 5.92 Å². The van der Waals surface area contributed by atoms with Crippen LogP contribution in [0.2, 0.25) is 0 Å². The van der Waals surface area contributed by atoms with Crippen LogP contribution in [0.4, 0.5) is 0 Å². The molecule has 0 bridgehead atoms. The summed E-state index contributed by atoms with van der Waals surface area (Å²) in [6, 6.07) is 5.83. The molecule has 2 aromatic rings. The molecule has 1 saturated heterocycles. The van der Waals surface area contributed by atoms with E-state index in [0.717, 1.165) is 31.2 Å². The molecule has 7 nitrogen and oxygen atoms in total. The van der Waals surface area contributed by atoms with Gasteiger partial charge in [0, 0.05) is 37.1 Å². The molecule has 2 fully saturated rings. The van der Waals surface area contributed by atoms with E-state index in [0.29, 0.717) is 30.5 Å². The van der Waals surface area contributed by atoms with E-state index >= 15 is 0 Å². The zero-order chi connectivity index (χ0) is 17.2. The molecule has 1 atom stereocenters. The molecule has 0 aromatic carbocycles. The number of piperidine rings is 1. The third-order valence-corrected chi connectivity index (χ3v) is 4.77. The van der Waals surface area contributed by atoms with Gasteiger partial charge >= 0.3 is 0 Å². The average Bonchev–Trinajstić information content (AvgIpc) is 3.34. The van der Waals surface area contributed by atoms with Crippen molar-refractivity contribution >= 4 is 11.8 Å². The highest BCUT2D eigenvalue weighted by Gasteiger charge is 2.32. The number of carbonyl (C=O) groups excluding carboxylic acids is 2. The summed E-state index contributed by atoms with van der Waals surface area (Å²) in [6.07, 6.45) is 7.25. The minimum absolute atomic E-state index is 0.0839. The molecule has 2 N–H and O–H groups in total. The van der Waals surface area contributed by atoms with Gasteiger partial charge in [-0.1, -0.05) is 0 Å². The van der Waals surface area contributed by atoms with Crippen molar-refractivity contribution in [3.63, 3.8) is 0 Å². The molecule has 7 heteroatoms. The van der Waals surface area contributed by atoms with Gasteiger partial charge in [-0.3, -0.25) is 19.7 Å². The van der Waals surface area contributed by atoms with Gasteiger partial charge in [-0.2, -0.15) is 5.10 Å². The maximum atomic E-state index is 12.8. The highest BCUT2D eigenvalue weighted by molar-refractivity contribution is 5.94. The van der Waals surface area contributed by atoms with Gasteiger partial charge in [0.05, 0.1) is 11.6 Å². The molecular weight excluding hydrogens is 318 g/mol. The average molecular weight is 339 g/mol. The van der Waals surface area contributed by atoms with E-state index in [2.05, 4.69) is 20.5 Å². The fourth-order valence-corrected chi connectivity index (χ4v) is 3.19. The molecule has 130 valence electrons. The summed E-state index contributed by atoms with van der Waals surface area (Å²) in [7, 11) is 0. The third kappa shape index (κ3) is 3.55. The van der Waals surface area contributed by atoms with Crippen LogP contribution in [-0.2, 0) is 4.79 Å². The van der Waals surface area contributed by atoms with Gasteiger partial charge in [-0.25, -0.2) is 0 Å². The summed E-state index contributed by atoms with van der Waals surface area (Å²) in [5.41, 5.74) is 2.00. The topological polar surface area (TPSA) is 91.0 Å². The van der Waals surface area contributed by atoms with Crippen molar-refractivity contribution in [3.05, 3.63) is 36.3 Å². The molecule has 0 unspecified atom stereocenters. The Hall–Kier alpha value is -2.70. The van der Waals surface area contributed by atoms with Crippen LogP contribution in [0.25, 0.3) is 11.3 Å². The van der Waals surface area contributed by atoms with Crippen molar-refractivity contribution in [3.8, 4) is 11.3 Å². The molecule has 4 rings (SSSR count). The summed E-state index contributed by atoms with van der Waals surface area (Å²) in [5.74, 6) is -0.133. The second-order valence-corrected chi connectivity index (χ2v) is 6.78. The number of hydrogen-bond donors (Lipinski definition) is 2. The third-order valence-electron chi connectivity index (χ3n) is 4.77. The first kappa shape index (κ1) is 15.8. The first-order chi connectivity index (χ1) is 12.2. The zero-order valence-electron chi connectivity index (χ0n) is 13.9.